The van der Waals surface area contributed by atoms with Gasteiger partial charge in [-0.05, 0) is 85.3 Å². The predicted octanol–water partition coefficient (Wildman–Crippen LogP) is 17.7. The molecular formula is C68H69N4OPt-3. The van der Waals surface area contributed by atoms with E-state index in [2.05, 4.69) is 287 Å². The number of benzene rings is 7. The Bertz CT molecular complexity index is 3510. The first kappa shape index (κ1) is 52.2. The second-order valence-electron chi connectivity index (χ2n) is 23.9. The number of anilines is 2. The van der Waals surface area contributed by atoms with Crippen LogP contribution in [0.1, 0.15) is 118 Å². The molecule has 1 aliphatic heterocycles. The van der Waals surface area contributed by atoms with Gasteiger partial charge in [-0.25, -0.2) is 4.98 Å². The van der Waals surface area contributed by atoms with Crippen molar-refractivity contribution in [1.82, 2.24) is 9.55 Å². The third-order valence-electron chi connectivity index (χ3n) is 14.8. The summed E-state index contributed by atoms with van der Waals surface area (Å²) >= 11 is 0. The molecule has 0 amide bonds. The van der Waals surface area contributed by atoms with Gasteiger partial charge in [0.15, 0.2) is 0 Å². The van der Waals surface area contributed by atoms with Crippen molar-refractivity contribution in [3.8, 4) is 28.4 Å². The smallest absolute Gasteiger partial charge is 0.135 e. The molecule has 0 atom stereocenters. The number of para-hydroxylation sites is 1. The number of fused-ring (bicyclic) bond motifs is 3. The van der Waals surface area contributed by atoms with Crippen LogP contribution in [-0.2, 0) is 48.1 Å². The summed E-state index contributed by atoms with van der Waals surface area (Å²) in [4.78, 5) is 9.81. The summed E-state index contributed by atoms with van der Waals surface area (Å²) in [6, 6.07) is 68.7. The maximum atomic E-state index is 7.07. The van der Waals surface area contributed by atoms with E-state index in [1.54, 1.807) is 0 Å². The molecular weight excluding hydrogens is 1080 g/mol. The zero-order valence-electron chi connectivity index (χ0n) is 45.3. The Kier molecular flexibility index (Phi) is 13.8. The molecule has 2 aromatic heterocycles. The van der Waals surface area contributed by atoms with E-state index in [4.69, 9.17) is 9.72 Å². The summed E-state index contributed by atoms with van der Waals surface area (Å²) in [7, 11) is 0. The van der Waals surface area contributed by atoms with Crippen LogP contribution in [0.25, 0.3) is 38.8 Å². The van der Waals surface area contributed by atoms with Gasteiger partial charge in [0.05, 0.1) is 0 Å². The molecule has 0 N–H and O–H groups in total. The minimum absolute atomic E-state index is 0. The van der Waals surface area contributed by atoms with E-state index >= 15 is 0 Å². The number of pyridine rings is 1. The van der Waals surface area contributed by atoms with Gasteiger partial charge in [-0.1, -0.05) is 216 Å². The van der Waals surface area contributed by atoms with Crippen LogP contribution < -0.4 is 14.5 Å². The molecule has 1 aliphatic rings. The largest absolute Gasteiger partial charge is 0.509 e. The molecule has 7 aromatic carbocycles. The van der Waals surface area contributed by atoms with E-state index in [-0.39, 0.29) is 37.3 Å². The molecule has 74 heavy (non-hydrogen) atoms. The van der Waals surface area contributed by atoms with Gasteiger partial charge in [0, 0.05) is 72.2 Å². The van der Waals surface area contributed by atoms with Crippen LogP contribution in [0.2, 0.25) is 0 Å². The molecule has 6 heteroatoms. The number of hydrogen-bond acceptors (Lipinski definition) is 4. The normalized spacial score (nSPS) is 13.7. The first-order valence-corrected chi connectivity index (χ1v) is 25.8. The SMILES string of the molecule is CC(C)(C)c1cc(-c2ccccc2)cc(N2[CH-]N(c3[c-]c(Oc4[c-]c5c(c(C(C)(C)C)c4)c4ccccc4n5-c4cc(C(C)(C)C)ccn4)ccc3)C(C(C)(C)c3ccccc3)=C2C(C)(C)c2ccccc2)c1.[Pt]. The Morgan fingerprint density at radius 3 is 1.66 bits per heavy atom. The van der Waals surface area contributed by atoms with Gasteiger partial charge in [0.25, 0.3) is 0 Å². The van der Waals surface area contributed by atoms with Gasteiger partial charge < -0.3 is 19.1 Å². The summed E-state index contributed by atoms with van der Waals surface area (Å²) in [5.41, 5.74) is 13.4. The van der Waals surface area contributed by atoms with Crippen LogP contribution >= 0.6 is 0 Å². The first-order valence-electron chi connectivity index (χ1n) is 25.8. The summed E-state index contributed by atoms with van der Waals surface area (Å²) in [6.07, 6.45) is 1.93. The van der Waals surface area contributed by atoms with Crippen LogP contribution in [0.4, 0.5) is 11.4 Å². The summed E-state index contributed by atoms with van der Waals surface area (Å²) in [6.45, 7) is 32.2. The van der Waals surface area contributed by atoms with Crippen LogP contribution in [0, 0.1) is 18.8 Å². The van der Waals surface area contributed by atoms with Gasteiger partial charge in [-0.3, -0.25) is 0 Å². The fraction of sp³-hybridized carbons (Fsp3) is 0.265. The van der Waals surface area contributed by atoms with Gasteiger partial charge >= 0.3 is 0 Å². The minimum Gasteiger partial charge on any atom is -0.509 e. The number of aromatic nitrogens is 2. The Balaban J connectivity index is 0.00000672. The molecule has 0 saturated carbocycles. The standard InChI is InChI=1S/C68H69N4O.Pt/c1-64(2,3)50-36-37-69-60(41-50)72-58-35-24-23-34-56(58)61-57(66(7,8)9)43-55(44-59(61)72)73-54-33-25-32-52(42-54)70-45-71(53-39-47(46-26-17-14-18-27-46)38-51(40-53)65(4,5)6)63(68(12,13)49-30-21-16-22-31-49)62(70)67(10,11)48-28-19-15-20-29-48;/h14-41,43,45H,1-13H3;/q-3;. The number of allylic oxidation sites excluding steroid dienone is 2. The number of ether oxygens (including phenoxy) is 1. The monoisotopic (exact) mass is 1150 g/mol. The van der Waals surface area contributed by atoms with Gasteiger partial charge in [-0.2, -0.15) is 6.07 Å². The average Bonchev–Trinajstić information content (AvgIpc) is 3.95. The van der Waals surface area contributed by atoms with E-state index in [9.17, 15) is 0 Å². The fourth-order valence-corrected chi connectivity index (χ4v) is 10.6. The van der Waals surface area contributed by atoms with E-state index in [0.717, 1.165) is 44.7 Å². The van der Waals surface area contributed by atoms with E-state index in [1.165, 1.54) is 44.6 Å². The number of hydrogen-bond donors (Lipinski definition) is 0. The maximum absolute atomic E-state index is 7.07. The molecule has 0 fully saturated rings. The predicted molar refractivity (Wildman–Crippen MR) is 306 cm³/mol. The van der Waals surface area contributed by atoms with Gasteiger partial charge in [-0.15, -0.1) is 48.3 Å². The average molecular weight is 1150 g/mol. The molecule has 5 nitrogen and oxygen atoms in total. The topological polar surface area (TPSA) is 33.5 Å². The first-order chi connectivity index (χ1) is 34.6. The molecule has 380 valence electrons. The van der Waals surface area contributed by atoms with Crippen molar-refractivity contribution >= 4 is 33.2 Å². The van der Waals surface area contributed by atoms with Crippen LogP contribution in [0.5, 0.6) is 11.5 Å². The molecule has 0 bridgehead atoms. The molecule has 0 unspecified atom stereocenters. The molecule has 10 rings (SSSR count). The molecule has 3 heterocycles. The quantitative estimate of drug-likeness (QED) is 0.128. The zero-order valence-corrected chi connectivity index (χ0v) is 47.6. The number of rotatable bonds is 10. The van der Waals surface area contributed by atoms with Crippen molar-refractivity contribution < 1.29 is 25.8 Å². The third-order valence-corrected chi connectivity index (χ3v) is 14.8. The Hall–Kier alpha value is -6.68. The number of nitrogens with zero attached hydrogens (tertiary/aromatic N) is 4. The van der Waals surface area contributed by atoms with E-state index in [1.807, 2.05) is 12.3 Å². The van der Waals surface area contributed by atoms with Crippen molar-refractivity contribution in [3.63, 3.8) is 0 Å². The second-order valence-corrected chi connectivity index (χ2v) is 23.9. The Morgan fingerprint density at radius 1 is 0.473 bits per heavy atom. The summed E-state index contributed by atoms with van der Waals surface area (Å²) < 4.78 is 9.33. The summed E-state index contributed by atoms with van der Waals surface area (Å²) in [5.74, 6) is 2.07. The molecule has 0 radical (unpaired) electrons. The maximum Gasteiger partial charge on any atom is 0.135 e. The van der Waals surface area contributed by atoms with Crippen molar-refractivity contribution in [2.45, 2.75) is 117 Å². The van der Waals surface area contributed by atoms with Gasteiger partial charge in [0.2, 0.25) is 0 Å². The van der Waals surface area contributed by atoms with E-state index in [0.29, 0.717) is 11.5 Å². The fourth-order valence-electron chi connectivity index (χ4n) is 10.6. The Morgan fingerprint density at radius 2 is 1.05 bits per heavy atom. The molecule has 0 aliphatic carbocycles. The minimum atomic E-state index is -0.491. The van der Waals surface area contributed by atoms with Gasteiger partial charge in [0.1, 0.15) is 5.82 Å². The third kappa shape index (κ3) is 9.77. The summed E-state index contributed by atoms with van der Waals surface area (Å²) in [5, 5.41) is 2.31. The van der Waals surface area contributed by atoms with Crippen molar-refractivity contribution in [2.24, 2.45) is 0 Å². The Labute approximate surface area is 455 Å². The second kappa shape index (κ2) is 19.5. The molecule has 0 spiro atoms. The van der Waals surface area contributed by atoms with Crippen molar-refractivity contribution in [1.29, 1.82) is 0 Å². The zero-order chi connectivity index (χ0) is 51.7. The van der Waals surface area contributed by atoms with Crippen LogP contribution in [0.3, 0.4) is 0 Å². The van der Waals surface area contributed by atoms with Crippen molar-refractivity contribution in [2.75, 3.05) is 9.80 Å². The molecule has 0 saturated heterocycles. The van der Waals surface area contributed by atoms with Crippen LogP contribution in [-0.4, -0.2) is 9.55 Å². The van der Waals surface area contributed by atoms with E-state index < -0.39 is 10.8 Å². The molecule has 9 aromatic rings. The van der Waals surface area contributed by atoms with Crippen molar-refractivity contribution in [3.05, 3.63) is 234 Å². The van der Waals surface area contributed by atoms with Crippen LogP contribution in [0.15, 0.2) is 187 Å².